The monoisotopic (exact) mass is 430 g/mol. The highest BCUT2D eigenvalue weighted by molar-refractivity contribution is 5.76. The van der Waals surface area contributed by atoms with Gasteiger partial charge in [-0.1, -0.05) is 56.2 Å². The van der Waals surface area contributed by atoms with Crippen molar-refractivity contribution in [2.45, 2.75) is 110 Å². The number of carbonyl (C=O) groups excluding carboxylic acids is 2. The zero-order chi connectivity index (χ0) is 22.9. The number of unbranched alkanes of at least 4 members (excludes halogenated alkanes) is 3. The smallest absolute Gasteiger partial charge is 0.222 e. The second-order valence-corrected chi connectivity index (χ2v) is 8.94. The van der Waals surface area contributed by atoms with Gasteiger partial charge in [0, 0.05) is 38.5 Å². The van der Waals surface area contributed by atoms with E-state index < -0.39 is 0 Å². The van der Waals surface area contributed by atoms with Crippen molar-refractivity contribution in [3.8, 4) is 0 Å². The third kappa shape index (κ3) is 13.2. The lowest BCUT2D eigenvalue weighted by Gasteiger charge is -2.26. The molecule has 1 fully saturated rings. The normalized spacial score (nSPS) is 14.4. The predicted octanol–water partition coefficient (Wildman–Crippen LogP) is 6.43. The molecular formula is C27H46N2O2. The van der Waals surface area contributed by atoms with Gasteiger partial charge in [0.05, 0.1) is 0 Å². The Morgan fingerprint density at radius 2 is 1.42 bits per heavy atom. The fourth-order valence-electron chi connectivity index (χ4n) is 3.55. The first-order chi connectivity index (χ1) is 15.0. The molecule has 4 heteroatoms. The van der Waals surface area contributed by atoms with Gasteiger partial charge in [0.2, 0.25) is 11.8 Å². The van der Waals surface area contributed by atoms with Crippen molar-refractivity contribution >= 4 is 11.8 Å². The molecule has 176 valence electrons. The van der Waals surface area contributed by atoms with Gasteiger partial charge in [-0.2, -0.15) is 0 Å². The zero-order valence-electron chi connectivity index (χ0n) is 20.5. The largest absolute Gasteiger partial charge is 0.343 e. The molecule has 0 aromatic rings. The molecule has 0 atom stereocenters. The minimum absolute atomic E-state index is 0.270. The maximum Gasteiger partial charge on any atom is 0.222 e. The number of hydrogen-bond acceptors (Lipinski definition) is 2. The number of rotatable bonds is 17. The van der Waals surface area contributed by atoms with Gasteiger partial charge in [0.15, 0.2) is 0 Å². The molecule has 0 saturated heterocycles. The third-order valence-electron chi connectivity index (χ3n) is 5.77. The van der Waals surface area contributed by atoms with Crippen LogP contribution in [-0.4, -0.2) is 47.3 Å². The Kier molecular flexibility index (Phi) is 14.7. The third-order valence-corrected chi connectivity index (χ3v) is 5.77. The quantitative estimate of drug-likeness (QED) is 0.197. The molecule has 2 amide bonds. The lowest BCUT2D eigenvalue weighted by atomic mass is 10.1. The molecule has 0 N–H and O–H groups in total. The Balaban J connectivity index is 2.07. The summed E-state index contributed by atoms with van der Waals surface area (Å²) in [5, 5.41) is 0. The van der Waals surface area contributed by atoms with Crippen molar-refractivity contribution < 1.29 is 9.59 Å². The molecule has 4 nitrogen and oxygen atoms in total. The number of amides is 2. The second kappa shape index (κ2) is 16.8. The van der Waals surface area contributed by atoms with Crippen LogP contribution in [0.5, 0.6) is 0 Å². The Hall–Kier alpha value is -1.84. The van der Waals surface area contributed by atoms with E-state index >= 15 is 0 Å². The summed E-state index contributed by atoms with van der Waals surface area (Å²) >= 11 is 0. The molecule has 1 aliphatic carbocycles. The van der Waals surface area contributed by atoms with Crippen molar-refractivity contribution in [2.24, 2.45) is 0 Å². The lowest BCUT2D eigenvalue weighted by Crippen LogP contribution is -2.37. The molecule has 31 heavy (non-hydrogen) atoms. The number of hydrogen-bond donors (Lipinski definition) is 0. The molecule has 0 spiro atoms. The topological polar surface area (TPSA) is 40.6 Å². The van der Waals surface area contributed by atoms with E-state index in [1.165, 1.54) is 12.8 Å². The Morgan fingerprint density at radius 1 is 0.839 bits per heavy atom. The number of carbonyl (C=O) groups is 2. The molecular weight excluding hydrogens is 384 g/mol. The van der Waals surface area contributed by atoms with Crippen molar-refractivity contribution in [1.29, 1.82) is 0 Å². The molecule has 0 bridgehead atoms. The molecule has 0 aromatic carbocycles. The molecule has 0 unspecified atom stereocenters. The summed E-state index contributed by atoms with van der Waals surface area (Å²) < 4.78 is 0. The van der Waals surface area contributed by atoms with E-state index in [1.54, 1.807) is 0 Å². The summed E-state index contributed by atoms with van der Waals surface area (Å²) in [6, 6.07) is 0.792. The highest BCUT2D eigenvalue weighted by atomic mass is 16.2. The van der Waals surface area contributed by atoms with Gasteiger partial charge in [-0.25, -0.2) is 0 Å². The molecule has 0 aromatic heterocycles. The van der Waals surface area contributed by atoms with Crippen LogP contribution in [0.1, 0.15) is 97.8 Å². The van der Waals surface area contributed by atoms with Crippen LogP contribution in [0.25, 0.3) is 0 Å². The van der Waals surface area contributed by atoms with Gasteiger partial charge in [-0.3, -0.25) is 9.59 Å². The highest BCUT2D eigenvalue weighted by Crippen LogP contribution is 2.26. The van der Waals surface area contributed by atoms with E-state index in [-0.39, 0.29) is 6.04 Å². The zero-order valence-corrected chi connectivity index (χ0v) is 20.5. The molecule has 0 radical (unpaired) electrons. The Labute approximate surface area is 191 Å². The minimum atomic E-state index is 0.270. The first-order valence-electron chi connectivity index (χ1n) is 12.5. The summed E-state index contributed by atoms with van der Waals surface area (Å²) in [4.78, 5) is 28.2. The van der Waals surface area contributed by atoms with Crippen LogP contribution in [0.4, 0.5) is 0 Å². The molecule has 0 aliphatic heterocycles. The Morgan fingerprint density at radius 3 is 2.00 bits per heavy atom. The van der Waals surface area contributed by atoms with E-state index in [2.05, 4.69) is 57.2 Å². The average Bonchev–Trinajstić information content (AvgIpc) is 3.58. The van der Waals surface area contributed by atoms with Gasteiger partial charge < -0.3 is 9.80 Å². The van der Waals surface area contributed by atoms with Crippen LogP contribution < -0.4 is 0 Å². The summed E-state index contributed by atoms with van der Waals surface area (Å²) in [5.41, 5.74) is 0. The summed E-state index contributed by atoms with van der Waals surface area (Å²) in [7, 11) is 1.93. The van der Waals surface area contributed by atoms with E-state index in [4.69, 9.17) is 0 Å². The SMILES string of the molecule is CCCCCC(=O)N(CC/C=C\C/C=C\C/C=C\CCCC(=O)N(C)C1CC1)C(C)C. The second-order valence-electron chi connectivity index (χ2n) is 8.94. The van der Waals surface area contributed by atoms with Crippen molar-refractivity contribution in [2.75, 3.05) is 13.6 Å². The average molecular weight is 431 g/mol. The van der Waals surface area contributed by atoms with Gasteiger partial charge in [0.1, 0.15) is 0 Å². The van der Waals surface area contributed by atoms with Crippen LogP contribution in [0.15, 0.2) is 36.5 Å². The van der Waals surface area contributed by atoms with Crippen molar-refractivity contribution in [3.63, 3.8) is 0 Å². The van der Waals surface area contributed by atoms with Gasteiger partial charge in [0.25, 0.3) is 0 Å². The summed E-state index contributed by atoms with van der Waals surface area (Å²) in [5.74, 6) is 0.586. The predicted molar refractivity (Wildman–Crippen MR) is 132 cm³/mol. The Bertz CT molecular complexity index is 588. The summed E-state index contributed by atoms with van der Waals surface area (Å²) in [6.07, 6.45) is 24.8. The van der Waals surface area contributed by atoms with Crippen LogP contribution in [-0.2, 0) is 9.59 Å². The van der Waals surface area contributed by atoms with Crippen LogP contribution in [0.2, 0.25) is 0 Å². The van der Waals surface area contributed by atoms with E-state index in [9.17, 15) is 9.59 Å². The first kappa shape index (κ1) is 27.2. The fraction of sp³-hybridized carbons (Fsp3) is 0.704. The molecule has 1 aliphatic rings. The fourth-order valence-corrected chi connectivity index (χ4v) is 3.55. The highest BCUT2D eigenvalue weighted by Gasteiger charge is 2.28. The van der Waals surface area contributed by atoms with Gasteiger partial charge in [-0.05, 0) is 65.2 Å². The van der Waals surface area contributed by atoms with Gasteiger partial charge >= 0.3 is 0 Å². The summed E-state index contributed by atoms with van der Waals surface area (Å²) in [6.45, 7) is 7.18. The van der Waals surface area contributed by atoms with Crippen LogP contribution in [0.3, 0.4) is 0 Å². The van der Waals surface area contributed by atoms with Crippen molar-refractivity contribution in [1.82, 2.24) is 9.80 Å². The molecule has 1 saturated carbocycles. The van der Waals surface area contributed by atoms with E-state index in [0.29, 0.717) is 30.7 Å². The lowest BCUT2D eigenvalue weighted by molar-refractivity contribution is -0.133. The van der Waals surface area contributed by atoms with E-state index in [0.717, 1.165) is 57.9 Å². The van der Waals surface area contributed by atoms with Gasteiger partial charge in [-0.15, -0.1) is 0 Å². The maximum atomic E-state index is 12.3. The molecule has 1 rings (SSSR count). The van der Waals surface area contributed by atoms with Crippen molar-refractivity contribution in [3.05, 3.63) is 36.5 Å². The first-order valence-corrected chi connectivity index (χ1v) is 12.5. The number of allylic oxidation sites excluding steroid dienone is 5. The maximum absolute atomic E-state index is 12.3. The molecule has 0 heterocycles. The number of nitrogens with zero attached hydrogens (tertiary/aromatic N) is 2. The standard InChI is InChI=1S/C27H46N2O2/c1-5-6-16-20-27(31)29(24(2)3)23-18-15-13-11-9-7-8-10-12-14-17-19-26(30)28(4)25-21-22-25/h7,9-10,12-13,15,24-25H,5-6,8,11,14,16-23H2,1-4H3/b9-7-,12-10-,15-13-. The van der Waals surface area contributed by atoms with E-state index in [1.807, 2.05) is 16.8 Å². The van der Waals surface area contributed by atoms with Crippen LogP contribution in [0, 0.1) is 0 Å². The van der Waals surface area contributed by atoms with Crippen LogP contribution >= 0.6 is 0 Å². The minimum Gasteiger partial charge on any atom is -0.343 e.